The molecule has 2 aromatic rings. The lowest BCUT2D eigenvalue weighted by Crippen LogP contribution is -2.47. The summed E-state index contributed by atoms with van der Waals surface area (Å²) in [5, 5.41) is 3.05. The molecule has 0 bridgehead atoms. The summed E-state index contributed by atoms with van der Waals surface area (Å²) >= 11 is 0. The fourth-order valence-corrected chi connectivity index (χ4v) is 3.49. The van der Waals surface area contributed by atoms with Crippen LogP contribution < -0.4 is 25.8 Å². The highest BCUT2D eigenvalue weighted by atomic mass is 16.5. The molecule has 8 heteroatoms. The molecule has 8 nitrogen and oxygen atoms in total. The first-order chi connectivity index (χ1) is 14.9. The van der Waals surface area contributed by atoms with Crippen LogP contribution in [0.2, 0.25) is 0 Å². The van der Waals surface area contributed by atoms with E-state index in [2.05, 4.69) is 16.2 Å². The number of amides is 3. The lowest BCUT2D eigenvalue weighted by Gasteiger charge is -2.17. The van der Waals surface area contributed by atoms with Crippen molar-refractivity contribution in [3.05, 3.63) is 53.6 Å². The van der Waals surface area contributed by atoms with E-state index in [0.717, 1.165) is 22.6 Å². The van der Waals surface area contributed by atoms with Crippen LogP contribution in [0.25, 0.3) is 0 Å². The zero-order valence-electron chi connectivity index (χ0n) is 18.0. The van der Waals surface area contributed by atoms with Crippen LogP contribution in [0.15, 0.2) is 42.5 Å². The van der Waals surface area contributed by atoms with E-state index < -0.39 is 5.92 Å². The van der Waals surface area contributed by atoms with E-state index in [1.54, 1.807) is 29.2 Å². The lowest BCUT2D eigenvalue weighted by atomic mass is 10.1. The first-order valence-electron chi connectivity index (χ1n) is 10.3. The Morgan fingerprint density at radius 3 is 2.52 bits per heavy atom. The Kier molecular flexibility index (Phi) is 7.12. The molecule has 0 unspecified atom stereocenters. The standard InChI is InChI=1S/C23H28N4O4/c1-4-31-19-8-6-18(7-9-19)27-14-17(12-22(27)29)23(30)26-25-21(28)13-24-20-10-5-15(2)11-16(20)3/h5-11,17,24H,4,12-14H2,1-3H3,(H,25,28)(H,26,30)/t17-/m0/s1. The molecule has 1 fully saturated rings. The zero-order chi connectivity index (χ0) is 22.4. The average molecular weight is 425 g/mol. The molecule has 3 amide bonds. The van der Waals surface area contributed by atoms with Crippen molar-refractivity contribution < 1.29 is 19.1 Å². The van der Waals surface area contributed by atoms with Gasteiger partial charge in [-0.3, -0.25) is 25.2 Å². The number of hydrazine groups is 1. The van der Waals surface area contributed by atoms with Gasteiger partial charge in [-0.25, -0.2) is 0 Å². The minimum Gasteiger partial charge on any atom is -0.494 e. The van der Waals surface area contributed by atoms with Gasteiger partial charge in [0.1, 0.15) is 5.75 Å². The summed E-state index contributed by atoms with van der Waals surface area (Å²) in [4.78, 5) is 38.4. The van der Waals surface area contributed by atoms with Crippen LogP contribution in [0, 0.1) is 19.8 Å². The molecule has 1 atom stereocenters. The van der Waals surface area contributed by atoms with E-state index in [1.807, 2.05) is 39.0 Å². The number of ether oxygens (including phenoxy) is 1. The van der Waals surface area contributed by atoms with E-state index in [9.17, 15) is 14.4 Å². The van der Waals surface area contributed by atoms with Crippen molar-refractivity contribution in [2.75, 3.05) is 29.9 Å². The van der Waals surface area contributed by atoms with Crippen LogP contribution in [0.4, 0.5) is 11.4 Å². The Balaban J connectivity index is 1.47. The molecule has 31 heavy (non-hydrogen) atoms. The first-order valence-corrected chi connectivity index (χ1v) is 10.3. The SMILES string of the molecule is CCOc1ccc(N2C[C@@H](C(=O)NNC(=O)CNc3ccc(C)cc3C)CC2=O)cc1. The van der Waals surface area contributed by atoms with Gasteiger partial charge >= 0.3 is 0 Å². The van der Waals surface area contributed by atoms with Crippen LogP contribution in [-0.2, 0) is 14.4 Å². The summed E-state index contributed by atoms with van der Waals surface area (Å²) < 4.78 is 5.41. The molecule has 1 saturated heterocycles. The summed E-state index contributed by atoms with van der Waals surface area (Å²) in [6.45, 7) is 6.71. The van der Waals surface area contributed by atoms with Crippen molar-refractivity contribution in [3.63, 3.8) is 0 Å². The van der Waals surface area contributed by atoms with Crippen LogP contribution >= 0.6 is 0 Å². The summed E-state index contributed by atoms with van der Waals surface area (Å²) in [7, 11) is 0. The molecule has 0 radical (unpaired) electrons. The van der Waals surface area contributed by atoms with E-state index in [1.165, 1.54) is 0 Å². The topological polar surface area (TPSA) is 99.8 Å². The van der Waals surface area contributed by atoms with Gasteiger partial charge in [0, 0.05) is 24.3 Å². The maximum atomic E-state index is 12.4. The molecule has 1 heterocycles. The summed E-state index contributed by atoms with van der Waals surface area (Å²) in [5.41, 5.74) is 8.58. The number of carbonyl (C=O) groups excluding carboxylic acids is 3. The normalized spacial score (nSPS) is 15.5. The van der Waals surface area contributed by atoms with Crippen LogP contribution in [-0.4, -0.2) is 37.4 Å². The minimum absolute atomic E-state index is 0.0199. The highest BCUT2D eigenvalue weighted by Crippen LogP contribution is 2.27. The maximum Gasteiger partial charge on any atom is 0.257 e. The molecule has 0 aromatic heterocycles. The smallest absolute Gasteiger partial charge is 0.257 e. The molecule has 0 saturated carbocycles. The fourth-order valence-electron chi connectivity index (χ4n) is 3.49. The number of nitrogens with one attached hydrogen (secondary N) is 3. The van der Waals surface area contributed by atoms with Gasteiger partial charge in [0.05, 0.1) is 19.1 Å². The molecule has 0 aliphatic carbocycles. The second kappa shape index (κ2) is 9.97. The number of nitrogens with zero attached hydrogens (tertiary/aromatic N) is 1. The Morgan fingerprint density at radius 2 is 1.84 bits per heavy atom. The van der Waals surface area contributed by atoms with E-state index in [0.29, 0.717) is 12.3 Å². The number of rotatable bonds is 7. The van der Waals surface area contributed by atoms with E-state index in [4.69, 9.17) is 4.74 Å². The van der Waals surface area contributed by atoms with Gasteiger partial charge in [0.15, 0.2) is 0 Å². The Bertz CT molecular complexity index is 959. The first kappa shape index (κ1) is 22.1. The van der Waals surface area contributed by atoms with Gasteiger partial charge in [0.25, 0.3) is 5.91 Å². The van der Waals surface area contributed by atoms with Crippen LogP contribution in [0.5, 0.6) is 5.75 Å². The maximum absolute atomic E-state index is 12.4. The fraction of sp³-hybridized carbons (Fsp3) is 0.348. The third kappa shape index (κ3) is 5.75. The van der Waals surface area contributed by atoms with Crippen molar-refractivity contribution in [1.29, 1.82) is 0 Å². The quantitative estimate of drug-likeness (QED) is 0.593. The second-order valence-corrected chi connectivity index (χ2v) is 7.54. The largest absolute Gasteiger partial charge is 0.494 e. The molecule has 3 N–H and O–H groups in total. The molecule has 0 spiro atoms. The molecule has 1 aliphatic rings. The van der Waals surface area contributed by atoms with Gasteiger partial charge in [-0.1, -0.05) is 17.7 Å². The number of anilines is 2. The van der Waals surface area contributed by atoms with Gasteiger partial charge in [-0.2, -0.15) is 0 Å². The zero-order valence-corrected chi connectivity index (χ0v) is 18.0. The third-order valence-corrected chi connectivity index (χ3v) is 5.10. The molecule has 3 rings (SSSR count). The Morgan fingerprint density at radius 1 is 1.10 bits per heavy atom. The second-order valence-electron chi connectivity index (χ2n) is 7.54. The lowest BCUT2D eigenvalue weighted by molar-refractivity contribution is -0.130. The monoisotopic (exact) mass is 424 g/mol. The highest BCUT2D eigenvalue weighted by molar-refractivity contribution is 6.00. The number of aryl methyl sites for hydroxylation is 2. The third-order valence-electron chi connectivity index (χ3n) is 5.10. The molecular formula is C23H28N4O4. The number of benzene rings is 2. The summed E-state index contributed by atoms with van der Waals surface area (Å²) in [6.07, 6.45) is 0.0930. The number of hydrogen-bond acceptors (Lipinski definition) is 5. The van der Waals surface area contributed by atoms with E-state index >= 15 is 0 Å². The molecule has 164 valence electrons. The summed E-state index contributed by atoms with van der Waals surface area (Å²) in [5.74, 6) is -0.703. The van der Waals surface area contributed by atoms with E-state index in [-0.39, 0.29) is 37.2 Å². The predicted molar refractivity (Wildman–Crippen MR) is 119 cm³/mol. The van der Waals surface area contributed by atoms with Crippen molar-refractivity contribution in [2.45, 2.75) is 27.2 Å². The molecule has 2 aromatic carbocycles. The van der Waals surface area contributed by atoms with Crippen molar-refractivity contribution in [2.24, 2.45) is 5.92 Å². The van der Waals surface area contributed by atoms with Crippen LogP contribution in [0.1, 0.15) is 24.5 Å². The minimum atomic E-state index is -0.535. The van der Waals surface area contributed by atoms with Crippen molar-refractivity contribution in [1.82, 2.24) is 10.9 Å². The van der Waals surface area contributed by atoms with Crippen molar-refractivity contribution in [3.8, 4) is 5.75 Å². The Hall–Kier alpha value is -3.55. The highest BCUT2D eigenvalue weighted by Gasteiger charge is 2.35. The van der Waals surface area contributed by atoms with Crippen molar-refractivity contribution >= 4 is 29.1 Å². The Labute approximate surface area is 181 Å². The van der Waals surface area contributed by atoms with Crippen LogP contribution in [0.3, 0.4) is 0 Å². The average Bonchev–Trinajstić information content (AvgIpc) is 3.14. The summed E-state index contributed by atoms with van der Waals surface area (Å²) in [6, 6.07) is 13.1. The molecular weight excluding hydrogens is 396 g/mol. The van der Waals surface area contributed by atoms with Gasteiger partial charge < -0.3 is 15.0 Å². The molecule has 1 aliphatic heterocycles. The van der Waals surface area contributed by atoms with Gasteiger partial charge in [-0.05, 0) is 56.7 Å². The number of carbonyl (C=O) groups is 3. The van der Waals surface area contributed by atoms with Gasteiger partial charge in [0.2, 0.25) is 11.8 Å². The predicted octanol–water partition coefficient (Wildman–Crippen LogP) is 2.31. The van der Waals surface area contributed by atoms with Gasteiger partial charge in [-0.15, -0.1) is 0 Å². The number of hydrogen-bond donors (Lipinski definition) is 3.